The van der Waals surface area contributed by atoms with Crippen LogP contribution in [0.4, 0.5) is 10.6 Å². The number of likely N-dealkylation sites (tertiary alicyclic amines) is 1. The fourth-order valence-electron chi connectivity index (χ4n) is 6.42. The van der Waals surface area contributed by atoms with Crippen LogP contribution in [0.3, 0.4) is 0 Å². The predicted octanol–water partition coefficient (Wildman–Crippen LogP) is 2.56. The van der Waals surface area contributed by atoms with Crippen LogP contribution in [0.2, 0.25) is 0 Å². The Hall–Kier alpha value is -4.08. The molecule has 0 bridgehead atoms. The van der Waals surface area contributed by atoms with Gasteiger partial charge in [-0.25, -0.2) is 14.8 Å². The highest BCUT2D eigenvalue weighted by atomic mass is 16.2. The van der Waals surface area contributed by atoms with Gasteiger partial charge in [-0.2, -0.15) is 0 Å². The number of hydrogen-bond donors (Lipinski definition) is 2. The van der Waals surface area contributed by atoms with Crippen molar-refractivity contribution in [2.45, 2.75) is 57.7 Å². The van der Waals surface area contributed by atoms with E-state index in [4.69, 9.17) is 4.98 Å². The summed E-state index contributed by atoms with van der Waals surface area (Å²) in [4.78, 5) is 46.2. The van der Waals surface area contributed by atoms with Gasteiger partial charge in [0.25, 0.3) is 0 Å². The molecule has 0 unspecified atom stereocenters. The number of piperidine rings is 1. The number of amides is 3. The third-order valence-corrected chi connectivity index (χ3v) is 8.53. The number of benzene rings is 1. The van der Waals surface area contributed by atoms with Crippen LogP contribution in [0.25, 0.3) is 0 Å². The summed E-state index contributed by atoms with van der Waals surface area (Å²) in [5.41, 5.74) is 7.32. The van der Waals surface area contributed by atoms with Gasteiger partial charge in [-0.3, -0.25) is 14.8 Å². The summed E-state index contributed by atoms with van der Waals surface area (Å²) in [6.07, 6.45) is 8.79. The fourth-order valence-corrected chi connectivity index (χ4v) is 6.42. The predicted molar refractivity (Wildman–Crippen MR) is 137 cm³/mol. The van der Waals surface area contributed by atoms with E-state index in [1.165, 1.54) is 27.8 Å². The lowest BCUT2D eigenvalue weighted by Crippen LogP contribution is -2.51. The van der Waals surface area contributed by atoms with E-state index in [0.29, 0.717) is 43.9 Å². The first-order chi connectivity index (χ1) is 17.9. The Morgan fingerprint density at radius 3 is 2.78 bits per heavy atom. The average molecular weight is 497 g/mol. The second kappa shape index (κ2) is 7.96. The van der Waals surface area contributed by atoms with Crippen LogP contribution in [-0.2, 0) is 29.7 Å². The highest BCUT2D eigenvalue weighted by molar-refractivity contribution is 6.04. The molecule has 4 aliphatic rings. The number of hydrogen-bond acceptors (Lipinski definition) is 6. The van der Waals surface area contributed by atoms with E-state index in [0.717, 1.165) is 24.6 Å². The van der Waals surface area contributed by atoms with Crippen LogP contribution < -0.4 is 10.6 Å². The number of carbonyl (C=O) groups excluding carboxylic acids is 2. The van der Waals surface area contributed by atoms with Crippen LogP contribution in [0, 0.1) is 13.8 Å². The van der Waals surface area contributed by atoms with Crippen molar-refractivity contribution in [3.63, 3.8) is 0 Å². The molecule has 10 heteroatoms. The number of aryl methyl sites for hydroxylation is 2. The maximum absolute atomic E-state index is 13.5. The molecule has 1 saturated heterocycles. The molecule has 3 aromatic rings. The van der Waals surface area contributed by atoms with Crippen LogP contribution in [0.1, 0.15) is 63.9 Å². The number of aromatic nitrogens is 4. The number of nitrogens with zero attached hydrogens (tertiary/aromatic N) is 6. The maximum Gasteiger partial charge on any atom is 0.317 e. The summed E-state index contributed by atoms with van der Waals surface area (Å²) < 4.78 is 2.21. The molecule has 0 aliphatic carbocycles. The molecular formula is C27H28N8O2. The number of aliphatic imine (C=N–C) groups is 1. The smallest absolute Gasteiger partial charge is 0.317 e. The molecule has 6 heterocycles. The zero-order valence-electron chi connectivity index (χ0n) is 20.9. The minimum Gasteiger partial charge on any atom is -0.328 e. The molecule has 1 atom stereocenters. The normalized spacial score (nSPS) is 20.6. The lowest BCUT2D eigenvalue weighted by atomic mass is 9.76. The standard InChI is InChI=1S/C27H28N8O2/c1-15-9-17-10-21(24-31-11-16(2)35(24)14-20(17)19-13-28-12-18(15)19)32-26(37)34-7-3-27(4-8-34)22-23(33-25(27)36)30-6-5-29-22/h5-6,9,11,13,21H,3-4,7-8,10,12,14H2,1-2H3,(H,32,37)(H,30,33,36)/t21-/m1/s1. The van der Waals surface area contributed by atoms with Gasteiger partial charge >= 0.3 is 6.03 Å². The largest absolute Gasteiger partial charge is 0.328 e. The Labute approximate surface area is 214 Å². The number of imidazole rings is 1. The summed E-state index contributed by atoms with van der Waals surface area (Å²) in [7, 11) is 0. The van der Waals surface area contributed by atoms with Crippen molar-refractivity contribution in [3.05, 3.63) is 69.7 Å². The van der Waals surface area contributed by atoms with Gasteiger partial charge in [0.1, 0.15) is 5.82 Å². The molecule has 0 radical (unpaired) electrons. The minimum atomic E-state index is -0.714. The van der Waals surface area contributed by atoms with Crippen molar-refractivity contribution in [2.75, 3.05) is 18.4 Å². The first-order valence-corrected chi connectivity index (χ1v) is 12.8. The molecule has 1 spiro atoms. The van der Waals surface area contributed by atoms with Crippen molar-refractivity contribution < 1.29 is 9.59 Å². The van der Waals surface area contributed by atoms with Gasteiger partial charge in [-0.15, -0.1) is 0 Å². The van der Waals surface area contributed by atoms with E-state index >= 15 is 0 Å². The van der Waals surface area contributed by atoms with Crippen LogP contribution in [0.15, 0.2) is 29.6 Å². The third-order valence-electron chi connectivity index (χ3n) is 8.53. The first-order valence-electron chi connectivity index (χ1n) is 12.8. The molecule has 188 valence electrons. The van der Waals surface area contributed by atoms with Crippen LogP contribution in [0.5, 0.6) is 0 Å². The van der Waals surface area contributed by atoms with E-state index in [-0.39, 0.29) is 18.0 Å². The zero-order valence-corrected chi connectivity index (χ0v) is 20.9. The second-order valence-corrected chi connectivity index (χ2v) is 10.5. The lowest BCUT2D eigenvalue weighted by molar-refractivity contribution is -0.122. The summed E-state index contributed by atoms with van der Waals surface area (Å²) in [5.74, 6) is 1.34. The molecule has 2 N–H and O–H groups in total. The van der Waals surface area contributed by atoms with Crippen molar-refractivity contribution in [3.8, 4) is 0 Å². The number of nitrogens with one attached hydrogen (secondary N) is 2. The number of fused-ring (bicyclic) bond motifs is 6. The summed E-state index contributed by atoms with van der Waals surface area (Å²) in [6, 6.07) is 1.87. The highest BCUT2D eigenvalue weighted by Gasteiger charge is 2.51. The third kappa shape index (κ3) is 3.24. The minimum absolute atomic E-state index is 0.0712. The van der Waals surface area contributed by atoms with E-state index in [9.17, 15) is 9.59 Å². The summed E-state index contributed by atoms with van der Waals surface area (Å²) in [5, 5.41) is 6.14. The second-order valence-electron chi connectivity index (χ2n) is 10.5. The maximum atomic E-state index is 13.5. The zero-order chi connectivity index (χ0) is 25.3. The van der Waals surface area contributed by atoms with E-state index in [1.54, 1.807) is 17.3 Å². The van der Waals surface area contributed by atoms with Gasteiger partial charge < -0.3 is 20.1 Å². The monoisotopic (exact) mass is 496 g/mol. The van der Waals surface area contributed by atoms with Gasteiger partial charge in [0, 0.05) is 62.1 Å². The molecule has 10 nitrogen and oxygen atoms in total. The number of urea groups is 1. The Balaban J connectivity index is 1.14. The van der Waals surface area contributed by atoms with Gasteiger partial charge in [0.2, 0.25) is 5.91 Å². The number of anilines is 1. The fraction of sp³-hybridized carbons (Fsp3) is 0.407. The van der Waals surface area contributed by atoms with Crippen molar-refractivity contribution in [1.82, 2.24) is 29.7 Å². The van der Waals surface area contributed by atoms with Gasteiger partial charge in [0.15, 0.2) is 5.82 Å². The Morgan fingerprint density at radius 1 is 1.14 bits per heavy atom. The molecule has 7 rings (SSSR count). The highest BCUT2D eigenvalue weighted by Crippen LogP contribution is 2.42. The Morgan fingerprint density at radius 2 is 1.95 bits per heavy atom. The van der Waals surface area contributed by atoms with E-state index < -0.39 is 5.41 Å². The summed E-state index contributed by atoms with van der Waals surface area (Å²) >= 11 is 0. The molecule has 37 heavy (non-hydrogen) atoms. The van der Waals surface area contributed by atoms with Gasteiger partial charge in [-0.1, -0.05) is 6.07 Å². The number of rotatable bonds is 1. The van der Waals surface area contributed by atoms with Crippen molar-refractivity contribution in [1.29, 1.82) is 0 Å². The quantitative estimate of drug-likeness (QED) is 0.537. The lowest BCUT2D eigenvalue weighted by Gasteiger charge is -2.37. The molecule has 0 saturated carbocycles. The Bertz CT molecular complexity index is 1500. The van der Waals surface area contributed by atoms with Crippen LogP contribution in [-0.4, -0.2) is 55.7 Å². The topological polar surface area (TPSA) is 117 Å². The summed E-state index contributed by atoms with van der Waals surface area (Å²) in [6.45, 7) is 6.58. The first kappa shape index (κ1) is 22.1. The van der Waals surface area contributed by atoms with Crippen molar-refractivity contribution >= 4 is 24.0 Å². The van der Waals surface area contributed by atoms with E-state index in [1.807, 2.05) is 12.4 Å². The molecular weight excluding hydrogens is 468 g/mol. The van der Waals surface area contributed by atoms with Gasteiger partial charge in [-0.05, 0) is 48.9 Å². The Kier molecular flexibility index (Phi) is 4.76. The van der Waals surface area contributed by atoms with Crippen LogP contribution >= 0.6 is 0 Å². The molecule has 2 aromatic heterocycles. The molecule has 1 aromatic carbocycles. The SMILES string of the molecule is Cc1cc2c(c3c1CN=C3)Cn1c(C)cnc1[C@H](NC(=O)N1CCC3(CC1)C(=O)Nc1nccnc13)C2. The van der Waals surface area contributed by atoms with Crippen molar-refractivity contribution in [2.24, 2.45) is 4.99 Å². The van der Waals surface area contributed by atoms with E-state index in [2.05, 4.69) is 50.1 Å². The molecule has 3 amide bonds. The van der Waals surface area contributed by atoms with Gasteiger partial charge in [0.05, 0.1) is 23.7 Å². The number of carbonyl (C=O) groups is 2. The molecule has 4 aliphatic heterocycles. The molecule has 1 fully saturated rings. The average Bonchev–Trinajstić information content (AvgIpc) is 3.57.